The van der Waals surface area contributed by atoms with Crippen LogP contribution in [0.1, 0.15) is 32.8 Å². The van der Waals surface area contributed by atoms with E-state index in [9.17, 15) is 0 Å². The van der Waals surface area contributed by atoms with E-state index >= 15 is 0 Å². The highest BCUT2D eigenvalue weighted by molar-refractivity contribution is 5.24. The van der Waals surface area contributed by atoms with Gasteiger partial charge in [-0.25, -0.2) is 0 Å². The molecule has 0 bridgehead atoms. The summed E-state index contributed by atoms with van der Waals surface area (Å²) in [4.78, 5) is 2.60. The minimum absolute atomic E-state index is 0.108. The van der Waals surface area contributed by atoms with Gasteiger partial charge in [0.2, 0.25) is 0 Å². The summed E-state index contributed by atoms with van der Waals surface area (Å²) in [5.74, 6) is 0.794. The maximum absolute atomic E-state index is 3.69. The lowest BCUT2D eigenvalue weighted by Gasteiger charge is -2.42. The predicted molar refractivity (Wildman–Crippen MR) is 77.7 cm³/mol. The molecule has 2 heteroatoms. The number of nitrogens with zero attached hydrogens (tertiary/aromatic N) is 1. The summed E-state index contributed by atoms with van der Waals surface area (Å²) in [6.45, 7) is 11.5. The zero-order valence-corrected chi connectivity index (χ0v) is 11.9. The van der Waals surface area contributed by atoms with E-state index in [2.05, 4.69) is 61.3 Å². The lowest BCUT2D eigenvalue weighted by atomic mass is 9.89. The molecule has 0 saturated carbocycles. The lowest BCUT2D eigenvalue weighted by molar-refractivity contribution is 0.137. The van der Waals surface area contributed by atoms with Crippen LogP contribution in [0.25, 0.3) is 0 Å². The quantitative estimate of drug-likeness (QED) is 0.879. The molecule has 2 nitrogen and oxygen atoms in total. The molecule has 1 atom stereocenters. The lowest BCUT2D eigenvalue weighted by Crippen LogP contribution is -2.56. The Morgan fingerprint density at radius 2 is 2.00 bits per heavy atom. The SMILES string of the molecule is CC(C)CCN1CCNC(C)(c2ccccc2)C1. The van der Waals surface area contributed by atoms with Crippen molar-refractivity contribution in [2.24, 2.45) is 5.92 Å². The van der Waals surface area contributed by atoms with Crippen LogP contribution >= 0.6 is 0 Å². The fourth-order valence-electron chi connectivity index (χ4n) is 2.70. The molecule has 1 aromatic carbocycles. The van der Waals surface area contributed by atoms with Gasteiger partial charge < -0.3 is 5.32 Å². The van der Waals surface area contributed by atoms with Gasteiger partial charge in [-0.05, 0) is 31.4 Å². The van der Waals surface area contributed by atoms with Crippen LogP contribution in [0.4, 0.5) is 0 Å². The molecular weight excluding hydrogens is 220 g/mol. The average molecular weight is 246 g/mol. The fourth-order valence-corrected chi connectivity index (χ4v) is 2.70. The summed E-state index contributed by atoms with van der Waals surface area (Å²) in [6, 6.07) is 10.8. The van der Waals surface area contributed by atoms with Crippen LogP contribution in [0.5, 0.6) is 0 Å². The zero-order chi connectivity index (χ0) is 13.0. The van der Waals surface area contributed by atoms with Crippen molar-refractivity contribution < 1.29 is 0 Å². The highest BCUT2D eigenvalue weighted by Crippen LogP contribution is 2.24. The van der Waals surface area contributed by atoms with Crippen molar-refractivity contribution in [2.75, 3.05) is 26.2 Å². The maximum Gasteiger partial charge on any atom is 0.0535 e. The average Bonchev–Trinajstić information content (AvgIpc) is 2.38. The summed E-state index contributed by atoms with van der Waals surface area (Å²) in [5.41, 5.74) is 1.51. The molecule has 0 spiro atoms. The molecule has 0 aromatic heterocycles. The summed E-state index contributed by atoms with van der Waals surface area (Å²) in [5, 5.41) is 3.69. The van der Waals surface area contributed by atoms with Gasteiger partial charge in [-0.15, -0.1) is 0 Å². The van der Waals surface area contributed by atoms with Crippen LogP contribution < -0.4 is 5.32 Å². The van der Waals surface area contributed by atoms with E-state index < -0.39 is 0 Å². The Morgan fingerprint density at radius 1 is 1.28 bits per heavy atom. The van der Waals surface area contributed by atoms with Gasteiger partial charge in [0.25, 0.3) is 0 Å². The second-order valence-electron chi connectivity index (χ2n) is 6.08. The molecule has 1 aromatic rings. The topological polar surface area (TPSA) is 15.3 Å². The Labute approximate surface area is 111 Å². The highest BCUT2D eigenvalue weighted by Gasteiger charge is 2.31. The largest absolute Gasteiger partial charge is 0.305 e. The molecule has 1 aliphatic rings. The summed E-state index contributed by atoms with van der Waals surface area (Å²) in [6.07, 6.45) is 1.30. The monoisotopic (exact) mass is 246 g/mol. The minimum atomic E-state index is 0.108. The molecule has 1 fully saturated rings. The molecule has 100 valence electrons. The predicted octanol–water partition coefficient (Wildman–Crippen LogP) is 2.85. The van der Waals surface area contributed by atoms with Crippen molar-refractivity contribution in [1.29, 1.82) is 0 Å². The second-order valence-corrected chi connectivity index (χ2v) is 6.08. The molecular formula is C16H26N2. The first-order chi connectivity index (χ1) is 8.60. The van der Waals surface area contributed by atoms with Gasteiger partial charge in [0.05, 0.1) is 5.54 Å². The van der Waals surface area contributed by atoms with E-state index in [1.54, 1.807) is 0 Å². The smallest absolute Gasteiger partial charge is 0.0535 e. The normalized spacial score (nSPS) is 25.6. The van der Waals surface area contributed by atoms with Crippen molar-refractivity contribution in [3.05, 3.63) is 35.9 Å². The van der Waals surface area contributed by atoms with Gasteiger partial charge in [0.1, 0.15) is 0 Å². The number of nitrogens with one attached hydrogen (secondary N) is 1. The Bertz CT molecular complexity index is 361. The first kappa shape index (κ1) is 13.6. The van der Waals surface area contributed by atoms with Crippen molar-refractivity contribution in [3.63, 3.8) is 0 Å². The molecule has 2 rings (SSSR count). The molecule has 0 amide bonds. The Kier molecular flexibility index (Phi) is 4.41. The van der Waals surface area contributed by atoms with Crippen LogP contribution in [0.3, 0.4) is 0 Å². The van der Waals surface area contributed by atoms with Gasteiger partial charge in [0.15, 0.2) is 0 Å². The number of piperazine rings is 1. The fraction of sp³-hybridized carbons (Fsp3) is 0.625. The first-order valence-electron chi connectivity index (χ1n) is 7.13. The number of hydrogen-bond acceptors (Lipinski definition) is 2. The Balaban J connectivity index is 2.01. The summed E-state index contributed by atoms with van der Waals surface area (Å²) in [7, 11) is 0. The van der Waals surface area contributed by atoms with Crippen molar-refractivity contribution in [3.8, 4) is 0 Å². The van der Waals surface area contributed by atoms with E-state index in [1.165, 1.54) is 25.1 Å². The number of hydrogen-bond donors (Lipinski definition) is 1. The van der Waals surface area contributed by atoms with Crippen molar-refractivity contribution >= 4 is 0 Å². The van der Waals surface area contributed by atoms with E-state index in [0.29, 0.717) is 0 Å². The first-order valence-corrected chi connectivity index (χ1v) is 7.13. The zero-order valence-electron chi connectivity index (χ0n) is 11.9. The van der Waals surface area contributed by atoms with Gasteiger partial charge in [0, 0.05) is 19.6 Å². The molecule has 0 radical (unpaired) electrons. The van der Waals surface area contributed by atoms with Crippen LogP contribution in [-0.4, -0.2) is 31.1 Å². The standard InChI is InChI=1S/C16H26N2/c1-14(2)9-11-18-12-10-17-16(3,13-18)15-7-5-4-6-8-15/h4-8,14,17H,9-13H2,1-3H3. The van der Waals surface area contributed by atoms with Gasteiger partial charge in [-0.3, -0.25) is 4.90 Å². The Morgan fingerprint density at radius 3 is 2.67 bits per heavy atom. The maximum atomic E-state index is 3.69. The van der Waals surface area contributed by atoms with Gasteiger partial charge in [-0.1, -0.05) is 44.2 Å². The third kappa shape index (κ3) is 3.33. The second kappa shape index (κ2) is 5.85. The molecule has 1 N–H and O–H groups in total. The Hall–Kier alpha value is -0.860. The van der Waals surface area contributed by atoms with Crippen LogP contribution in [-0.2, 0) is 5.54 Å². The number of rotatable bonds is 4. The van der Waals surface area contributed by atoms with Crippen LogP contribution in [0, 0.1) is 5.92 Å². The van der Waals surface area contributed by atoms with E-state index in [-0.39, 0.29) is 5.54 Å². The summed E-state index contributed by atoms with van der Waals surface area (Å²) >= 11 is 0. The highest BCUT2D eigenvalue weighted by atomic mass is 15.2. The third-order valence-corrected chi connectivity index (χ3v) is 3.92. The van der Waals surface area contributed by atoms with Gasteiger partial charge in [-0.2, -0.15) is 0 Å². The molecule has 0 aliphatic carbocycles. The van der Waals surface area contributed by atoms with Crippen LogP contribution in [0.2, 0.25) is 0 Å². The van der Waals surface area contributed by atoms with E-state index in [4.69, 9.17) is 0 Å². The van der Waals surface area contributed by atoms with E-state index in [1.807, 2.05) is 0 Å². The van der Waals surface area contributed by atoms with Crippen molar-refractivity contribution in [2.45, 2.75) is 32.7 Å². The molecule has 18 heavy (non-hydrogen) atoms. The third-order valence-electron chi connectivity index (χ3n) is 3.92. The molecule has 1 heterocycles. The van der Waals surface area contributed by atoms with Crippen LogP contribution in [0.15, 0.2) is 30.3 Å². The number of benzene rings is 1. The molecule has 1 aliphatic heterocycles. The summed E-state index contributed by atoms with van der Waals surface area (Å²) < 4.78 is 0. The molecule has 1 unspecified atom stereocenters. The van der Waals surface area contributed by atoms with Gasteiger partial charge >= 0.3 is 0 Å². The molecule has 1 saturated heterocycles. The van der Waals surface area contributed by atoms with Crippen molar-refractivity contribution in [1.82, 2.24) is 10.2 Å². The van der Waals surface area contributed by atoms with E-state index in [0.717, 1.165) is 19.0 Å². The minimum Gasteiger partial charge on any atom is -0.305 e.